The van der Waals surface area contributed by atoms with Crippen LogP contribution in [0.15, 0.2) is 97.7 Å². The lowest BCUT2D eigenvalue weighted by Crippen LogP contribution is -2.67. The summed E-state index contributed by atoms with van der Waals surface area (Å²) in [4.78, 5) is 4.59. The molecule has 4 heterocycles. The maximum Gasteiger partial charge on any atom is 0.131 e. The van der Waals surface area contributed by atoms with Gasteiger partial charge in [-0.3, -0.25) is 4.98 Å². The van der Waals surface area contributed by atoms with Crippen molar-refractivity contribution < 1.29 is 14.3 Å². The number of hydrogen-bond donors (Lipinski definition) is 1. The van der Waals surface area contributed by atoms with Gasteiger partial charge in [0.2, 0.25) is 0 Å². The van der Waals surface area contributed by atoms with Gasteiger partial charge in [0.05, 0.1) is 25.7 Å². The third-order valence-electron chi connectivity index (χ3n) is 9.70. The summed E-state index contributed by atoms with van der Waals surface area (Å²) in [6, 6.07) is 27.9. The Labute approximate surface area is 229 Å². The smallest absolute Gasteiger partial charge is 0.131 e. The number of fused-ring (bicyclic) bond motifs is 6. The second-order valence-electron chi connectivity index (χ2n) is 11.6. The van der Waals surface area contributed by atoms with Gasteiger partial charge in [-0.15, -0.1) is 6.58 Å². The standard InChI is InChI=1S/C35H35N2O2/c1-3-23-21-37(22-32-28-10-6-4-8-25(28)18-26-9-5-7-11-29(26)32)17-15-24(23)19-34(37)35(38)30-14-16-36-33-13-12-27(39-2)20-31(30)33/h3-14,16,18,20,23-24,34-35,38H,1,15,17,19,21-22H2,2H3/q+1/t23?,24?,34?,35?,37-/m1/s1. The van der Waals surface area contributed by atoms with E-state index in [1.165, 1.54) is 33.5 Å². The molecule has 5 atom stereocenters. The molecule has 1 aromatic heterocycles. The van der Waals surface area contributed by atoms with Gasteiger partial charge >= 0.3 is 0 Å². The second-order valence-corrected chi connectivity index (χ2v) is 11.6. The molecule has 4 nitrogen and oxygen atoms in total. The van der Waals surface area contributed by atoms with E-state index in [1.54, 1.807) is 7.11 Å². The van der Waals surface area contributed by atoms with E-state index in [-0.39, 0.29) is 6.04 Å². The van der Waals surface area contributed by atoms with Crippen LogP contribution in [-0.2, 0) is 6.54 Å². The molecule has 4 unspecified atom stereocenters. The Kier molecular flexibility index (Phi) is 5.91. The Bertz CT molecular complexity index is 1660. The molecule has 0 saturated carbocycles. The molecule has 1 N–H and O–H groups in total. The Hall–Kier alpha value is -3.73. The molecule has 4 aromatic carbocycles. The first-order chi connectivity index (χ1) is 19.1. The van der Waals surface area contributed by atoms with Crippen molar-refractivity contribution in [3.63, 3.8) is 0 Å². The first kappa shape index (κ1) is 24.3. The first-order valence-corrected chi connectivity index (χ1v) is 14.1. The SMILES string of the molecule is C=CC1C[N@@+]2(Cc3c4ccccc4cc4ccccc34)CCC1CC2C(O)c1ccnc2ccc(OC)cc12. The largest absolute Gasteiger partial charge is 0.497 e. The number of aliphatic hydroxyl groups is 1. The van der Waals surface area contributed by atoms with E-state index in [0.717, 1.165) is 52.8 Å². The van der Waals surface area contributed by atoms with Gasteiger partial charge in [-0.05, 0) is 63.4 Å². The van der Waals surface area contributed by atoms with E-state index in [2.05, 4.69) is 72.2 Å². The molecule has 3 saturated heterocycles. The quantitative estimate of drug-likeness (QED) is 0.148. The number of aliphatic hydroxyl groups excluding tert-OH is 1. The zero-order chi connectivity index (χ0) is 26.6. The average molecular weight is 516 g/mol. The highest BCUT2D eigenvalue weighted by molar-refractivity contribution is 6.02. The number of methoxy groups -OCH3 is 1. The molecule has 3 fully saturated rings. The Morgan fingerprint density at radius 1 is 1.00 bits per heavy atom. The lowest BCUT2D eigenvalue weighted by Gasteiger charge is -2.58. The topological polar surface area (TPSA) is 42.4 Å². The summed E-state index contributed by atoms with van der Waals surface area (Å²) in [5, 5.41) is 18.4. The van der Waals surface area contributed by atoms with Crippen molar-refractivity contribution in [3.8, 4) is 5.75 Å². The Morgan fingerprint density at radius 2 is 1.74 bits per heavy atom. The molecule has 0 spiro atoms. The fourth-order valence-electron chi connectivity index (χ4n) is 7.71. The average Bonchev–Trinajstić information content (AvgIpc) is 3.00. The number of piperidine rings is 3. The summed E-state index contributed by atoms with van der Waals surface area (Å²) in [7, 11) is 1.68. The summed E-state index contributed by atoms with van der Waals surface area (Å²) >= 11 is 0. The minimum Gasteiger partial charge on any atom is -0.497 e. The zero-order valence-electron chi connectivity index (χ0n) is 22.5. The summed E-state index contributed by atoms with van der Waals surface area (Å²) in [6.45, 7) is 7.21. The lowest BCUT2D eigenvalue weighted by molar-refractivity contribution is -0.984. The monoisotopic (exact) mass is 515 g/mol. The molecule has 0 amide bonds. The van der Waals surface area contributed by atoms with Gasteiger partial charge in [0, 0.05) is 35.9 Å². The molecule has 8 rings (SSSR count). The number of aromatic nitrogens is 1. The zero-order valence-corrected chi connectivity index (χ0v) is 22.5. The molecule has 4 heteroatoms. The van der Waals surface area contributed by atoms with Gasteiger partial charge in [-0.25, -0.2) is 0 Å². The van der Waals surface area contributed by atoms with Crippen LogP contribution in [-0.4, -0.2) is 40.8 Å². The normalized spacial score (nSPS) is 25.2. The van der Waals surface area contributed by atoms with Crippen molar-refractivity contribution in [1.82, 2.24) is 4.98 Å². The van der Waals surface area contributed by atoms with Gasteiger partial charge in [-0.1, -0.05) is 54.6 Å². The fourth-order valence-corrected chi connectivity index (χ4v) is 7.71. The molecule has 0 aliphatic carbocycles. The van der Waals surface area contributed by atoms with E-state index in [4.69, 9.17) is 4.74 Å². The molecule has 2 bridgehead atoms. The highest BCUT2D eigenvalue weighted by Crippen LogP contribution is 2.49. The van der Waals surface area contributed by atoms with Crippen molar-refractivity contribution in [1.29, 1.82) is 0 Å². The molecule has 196 valence electrons. The van der Waals surface area contributed by atoms with Crippen LogP contribution in [0.1, 0.15) is 30.1 Å². The molecule has 3 aliphatic rings. The predicted octanol–water partition coefficient (Wildman–Crippen LogP) is 7.19. The van der Waals surface area contributed by atoms with E-state index in [1.807, 2.05) is 30.5 Å². The predicted molar refractivity (Wildman–Crippen MR) is 159 cm³/mol. The van der Waals surface area contributed by atoms with Crippen LogP contribution < -0.4 is 4.74 Å². The van der Waals surface area contributed by atoms with E-state index >= 15 is 0 Å². The summed E-state index contributed by atoms with van der Waals surface area (Å²) < 4.78 is 6.41. The van der Waals surface area contributed by atoms with Crippen LogP contribution in [0.5, 0.6) is 5.75 Å². The van der Waals surface area contributed by atoms with Gasteiger partial charge in [0.1, 0.15) is 24.4 Å². The van der Waals surface area contributed by atoms with Crippen molar-refractivity contribution in [3.05, 3.63) is 109 Å². The number of quaternary nitrogens is 1. The van der Waals surface area contributed by atoms with Crippen molar-refractivity contribution in [2.75, 3.05) is 20.2 Å². The molecule has 39 heavy (non-hydrogen) atoms. The van der Waals surface area contributed by atoms with E-state index in [0.29, 0.717) is 11.8 Å². The summed E-state index contributed by atoms with van der Waals surface area (Å²) in [5.41, 5.74) is 3.23. The fraction of sp³-hybridized carbons (Fsp3) is 0.286. The minimum absolute atomic E-state index is 0.0921. The number of pyridine rings is 1. The maximum atomic E-state index is 12.2. The number of ether oxygens (including phenoxy) is 1. The van der Waals surface area contributed by atoms with Crippen LogP contribution >= 0.6 is 0 Å². The second kappa shape index (κ2) is 9.48. The lowest BCUT2D eigenvalue weighted by atomic mass is 9.71. The minimum atomic E-state index is -0.600. The Morgan fingerprint density at radius 3 is 2.46 bits per heavy atom. The van der Waals surface area contributed by atoms with Gasteiger partial charge < -0.3 is 14.3 Å². The van der Waals surface area contributed by atoms with Crippen LogP contribution in [0.4, 0.5) is 0 Å². The number of rotatable bonds is 6. The van der Waals surface area contributed by atoms with Crippen LogP contribution in [0.25, 0.3) is 32.4 Å². The maximum absolute atomic E-state index is 12.2. The van der Waals surface area contributed by atoms with Crippen LogP contribution in [0, 0.1) is 11.8 Å². The van der Waals surface area contributed by atoms with Gasteiger partial charge in [0.15, 0.2) is 0 Å². The third kappa shape index (κ3) is 3.93. The molecule has 3 aliphatic heterocycles. The number of hydrogen-bond acceptors (Lipinski definition) is 3. The third-order valence-corrected chi connectivity index (χ3v) is 9.70. The van der Waals surface area contributed by atoms with Crippen molar-refractivity contribution in [2.24, 2.45) is 11.8 Å². The molecular formula is C35H35N2O2+. The van der Waals surface area contributed by atoms with Crippen molar-refractivity contribution >= 4 is 32.4 Å². The van der Waals surface area contributed by atoms with Crippen LogP contribution in [0.3, 0.4) is 0 Å². The molecule has 0 radical (unpaired) electrons. The number of nitrogens with zero attached hydrogens (tertiary/aromatic N) is 2. The summed E-state index contributed by atoms with van der Waals surface area (Å²) in [6.07, 6.45) is 5.58. The highest BCUT2D eigenvalue weighted by Gasteiger charge is 2.54. The van der Waals surface area contributed by atoms with Gasteiger partial charge in [0.25, 0.3) is 0 Å². The Balaban J connectivity index is 1.39. The first-order valence-electron chi connectivity index (χ1n) is 14.1. The molecule has 5 aromatic rings. The van der Waals surface area contributed by atoms with E-state index in [9.17, 15) is 5.11 Å². The molecular weight excluding hydrogens is 480 g/mol. The summed E-state index contributed by atoms with van der Waals surface area (Å²) in [5.74, 6) is 1.82. The van der Waals surface area contributed by atoms with E-state index < -0.39 is 6.10 Å². The highest BCUT2D eigenvalue weighted by atomic mass is 16.5. The number of benzene rings is 4. The van der Waals surface area contributed by atoms with Crippen molar-refractivity contribution in [2.45, 2.75) is 31.5 Å². The van der Waals surface area contributed by atoms with Crippen LogP contribution in [0.2, 0.25) is 0 Å². The van der Waals surface area contributed by atoms with Gasteiger partial charge in [-0.2, -0.15) is 0 Å².